The zero-order valence-corrected chi connectivity index (χ0v) is 13.6. The number of benzene rings is 1. The Morgan fingerprint density at radius 2 is 2.25 bits per heavy atom. The number of hydrogen-bond donors (Lipinski definition) is 2. The van der Waals surface area contributed by atoms with E-state index in [2.05, 4.69) is 12.2 Å². The molecule has 0 unspecified atom stereocenters. The zero-order valence-electron chi connectivity index (χ0n) is 13.6. The highest BCUT2D eigenvalue weighted by atomic mass is 16.5. The number of urea groups is 1. The third-order valence-electron chi connectivity index (χ3n) is 4.23. The molecule has 7 heteroatoms. The average Bonchev–Trinajstić information content (AvgIpc) is 3.03. The molecule has 0 saturated carbocycles. The minimum absolute atomic E-state index is 0.221. The number of nitrogens with one attached hydrogen (secondary N) is 1. The van der Waals surface area contributed by atoms with Crippen LogP contribution in [0.2, 0.25) is 0 Å². The Hall–Kier alpha value is -2.54. The van der Waals surface area contributed by atoms with Gasteiger partial charge in [0.1, 0.15) is 11.8 Å². The number of primary amides is 1. The van der Waals surface area contributed by atoms with E-state index in [-0.39, 0.29) is 12.0 Å². The van der Waals surface area contributed by atoms with E-state index in [1.54, 1.807) is 0 Å². The molecule has 1 aliphatic rings. The number of morpholine rings is 1. The van der Waals surface area contributed by atoms with Crippen molar-refractivity contribution in [3.8, 4) is 0 Å². The van der Waals surface area contributed by atoms with Gasteiger partial charge in [-0.1, -0.05) is 13.0 Å². The van der Waals surface area contributed by atoms with Gasteiger partial charge in [0.2, 0.25) is 0 Å². The number of fused-ring (bicyclic) bond motifs is 1. The number of carbonyl (C=O) groups excluding carboxylic acids is 2. The van der Waals surface area contributed by atoms with Crippen LogP contribution in [0, 0.1) is 0 Å². The Kier molecular flexibility index (Phi) is 4.71. The van der Waals surface area contributed by atoms with E-state index in [9.17, 15) is 9.59 Å². The van der Waals surface area contributed by atoms with Crippen molar-refractivity contribution < 1.29 is 18.7 Å². The van der Waals surface area contributed by atoms with Gasteiger partial charge in [0, 0.05) is 18.5 Å². The summed E-state index contributed by atoms with van der Waals surface area (Å²) >= 11 is 0. The zero-order chi connectivity index (χ0) is 17.1. The molecule has 2 heterocycles. The van der Waals surface area contributed by atoms with E-state index in [4.69, 9.17) is 14.9 Å². The quantitative estimate of drug-likeness (QED) is 0.887. The van der Waals surface area contributed by atoms with Crippen LogP contribution in [0.4, 0.5) is 4.79 Å². The van der Waals surface area contributed by atoms with Crippen LogP contribution in [0.25, 0.3) is 11.0 Å². The maximum atomic E-state index is 12.4. The second kappa shape index (κ2) is 6.92. The van der Waals surface area contributed by atoms with E-state index in [0.29, 0.717) is 37.4 Å². The lowest BCUT2D eigenvalue weighted by atomic mass is 10.1. The fourth-order valence-corrected chi connectivity index (χ4v) is 2.82. The summed E-state index contributed by atoms with van der Waals surface area (Å²) in [5, 5.41) is 3.64. The normalized spacial score (nSPS) is 17.9. The van der Waals surface area contributed by atoms with Crippen LogP contribution in [-0.2, 0) is 11.2 Å². The first-order chi connectivity index (χ1) is 11.6. The van der Waals surface area contributed by atoms with Crippen LogP contribution in [0.1, 0.15) is 22.8 Å². The summed E-state index contributed by atoms with van der Waals surface area (Å²) in [6, 6.07) is 5.36. The number of furan rings is 1. The molecule has 3 amide bonds. The summed E-state index contributed by atoms with van der Waals surface area (Å²) in [7, 11) is 0. The summed E-state index contributed by atoms with van der Waals surface area (Å²) in [6.45, 7) is 3.64. The van der Waals surface area contributed by atoms with Gasteiger partial charge in [-0.3, -0.25) is 4.79 Å². The first-order valence-corrected chi connectivity index (χ1v) is 8.02. The molecule has 0 spiro atoms. The molecule has 0 radical (unpaired) electrons. The van der Waals surface area contributed by atoms with E-state index >= 15 is 0 Å². The number of hydrogen-bond acceptors (Lipinski definition) is 4. The van der Waals surface area contributed by atoms with Crippen molar-refractivity contribution in [3.63, 3.8) is 0 Å². The van der Waals surface area contributed by atoms with Gasteiger partial charge in [0.15, 0.2) is 0 Å². The van der Waals surface area contributed by atoms with Crippen LogP contribution in [0.15, 0.2) is 28.9 Å². The minimum atomic E-state index is -0.470. The first-order valence-electron chi connectivity index (χ1n) is 8.02. The molecule has 1 aliphatic heterocycles. The molecule has 3 rings (SSSR count). The van der Waals surface area contributed by atoms with E-state index in [1.165, 1.54) is 11.2 Å². The lowest BCUT2D eigenvalue weighted by molar-refractivity contribution is -0.0110. The number of ether oxygens (including phenoxy) is 1. The van der Waals surface area contributed by atoms with Crippen molar-refractivity contribution in [2.75, 3.05) is 26.2 Å². The minimum Gasteiger partial charge on any atom is -0.463 e. The summed E-state index contributed by atoms with van der Waals surface area (Å²) < 4.78 is 11.0. The van der Waals surface area contributed by atoms with Crippen molar-refractivity contribution in [1.29, 1.82) is 0 Å². The third-order valence-corrected chi connectivity index (χ3v) is 4.23. The molecule has 7 nitrogen and oxygen atoms in total. The Morgan fingerprint density at radius 1 is 1.42 bits per heavy atom. The number of rotatable bonds is 4. The van der Waals surface area contributed by atoms with Gasteiger partial charge in [-0.25, -0.2) is 4.79 Å². The van der Waals surface area contributed by atoms with Gasteiger partial charge in [-0.05, 0) is 24.1 Å². The lowest BCUT2D eigenvalue weighted by Gasteiger charge is -2.31. The van der Waals surface area contributed by atoms with Crippen molar-refractivity contribution in [2.24, 2.45) is 5.73 Å². The highest BCUT2D eigenvalue weighted by Gasteiger charge is 2.23. The molecule has 2 aromatic rings. The van der Waals surface area contributed by atoms with Gasteiger partial charge >= 0.3 is 6.03 Å². The fourth-order valence-electron chi connectivity index (χ4n) is 2.82. The monoisotopic (exact) mass is 331 g/mol. The first kappa shape index (κ1) is 16.3. The maximum Gasteiger partial charge on any atom is 0.314 e. The van der Waals surface area contributed by atoms with Crippen molar-refractivity contribution in [1.82, 2.24) is 10.2 Å². The smallest absolute Gasteiger partial charge is 0.314 e. The SMILES string of the molecule is CCc1ccc2occ(C(=O)NC[C@@H]3CN(C(N)=O)CCO3)c2c1. The summed E-state index contributed by atoms with van der Waals surface area (Å²) in [6.07, 6.45) is 2.09. The molecular weight excluding hydrogens is 310 g/mol. The predicted octanol–water partition coefficient (Wildman–Crippen LogP) is 1.50. The third kappa shape index (κ3) is 3.35. The topological polar surface area (TPSA) is 97.8 Å². The number of carbonyl (C=O) groups is 2. The highest BCUT2D eigenvalue weighted by molar-refractivity contribution is 6.06. The van der Waals surface area contributed by atoms with Gasteiger partial charge in [0.25, 0.3) is 5.91 Å². The average molecular weight is 331 g/mol. The van der Waals surface area contributed by atoms with Crippen LogP contribution in [0.5, 0.6) is 0 Å². The molecule has 0 aliphatic carbocycles. The fraction of sp³-hybridized carbons (Fsp3) is 0.412. The van der Waals surface area contributed by atoms with Gasteiger partial charge in [0.05, 0.1) is 24.8 Å². The molecule has 1 atom stereocenters. The highest BCUT2D eigenvalue weighted by Crippen LogP contribution is 2.23. The molecule has 1 aromatic carbocycles. The standard InChI is InChI=1S/C17H21N3O4/c1-2-11-3-4-15-13(7-11)14(10-24-15)16(21)19-8-12-9-20(17(18)22)5-6-23-12/h3-4,7,10,12H,2,5-6,8-9H2,1H3,(H2,18,22)(H,19,21)/t12-/m1/s1. The summed E-state index contributed by atoms with van der Waals surface area (Å²) in [4.78, 5) is 25.2. The molecule has 1 saturated heterocycles. The molecule has 24 heavy (non-hydrogen) atoms. The van der Waals surface area contributed by atoms with Gasteiger partial charge in [-0.2, -0.15) is 0 Å². The Balaban J connectivity index is 1.66. The van der Waals surface area contributed by atoms with Crippen LogP contribution >= 0.6 is 0 Å². The van der Waals surface area contributed by atoms with Gasteiger partial charge in [-0.15, -0.1) is 0 Å². The predicted molar refractivity (Wildman–Crippen MR) is 88.8 cm³/mol. The second-order valence-corrected chi connectivity index (χ2v) is 5.82. The number of aryl methyl sites for hydroxylation is 1. The van der Waals surface area contributed by atoms with Crippen LogP contribution < -0.4 is 11.1 Å². The molecule has 128 valence electrons. The molecule has 0 bridgehead atoms. The van der Waals surface area contributed by atoms with Crippen LogP contribution in [-0.4, -0.2) is 49.2 Å². The van der Waals surface area contributed by atoms with Crippen molar-refractivity contribution in [2.45, 2.75) is 19.4 Å². The van der Waals surface area contributed by atoms with Crippen molar-refractivity contribution in [3.05, 3.63) is 35.6 Å². The molecule has 3 N–H and O–H groups in total. The number of nitrogens with two attached hydrogens (primary N) is 1. The summed E-state index contributed by atoms with van der Waals surface area (Å²) in [5.74, 6) is -0.221. The number of nitrogens with zero attached hydrogens (tertiary/aromatic N) is 1. The van der Waals surface area contributed by atoms with E-state index in [1.807, 2.05) is 18.2 Å². The lowest BCUT2D eigenvalue weighted by Crippen LogP contribution is -2.51. The Bertz CT molecular complexity index is 755. The van der Waals surface area contributed by atoms with Crippen molar-refractivity contribution >= 4 is 22.9 Å². The number of amides is 3. The summed E-state index contributed by atoms with van der Waals surface area (Å²) in [5.41, 5.74) is 7.62. The Labute approximate surface area is 139 Å². The largest absolute Gasteiger partial charge is 0.463 e. The molecule has 1 aromatic heterocycles. The molecular formula is C17H21N3O4. The Morgan fingerprint density at radius 3 is 3.00 bits per heavy atom. The van der Waals surface area contributed by atoms with Gasteiger partial charge < -0.3 is 25.1 Å². The molecule has 1 fully saturated rings. The second-order valence-electron chi connectivity index (χ2n) is 5.82. The van der Waals surface area contributed by atoms with E-state index in [0.717, 1.165) is 17.4 Å². The van der Waals surface area contributed by atoms with E-state index < -0.39 is 6.03 Å². The van der Waals surface area contributed by atoms with Crippen LogP contribution in [0.3, 0.4) is 0 Å². The maximum absolute atomic E-state index is 12.4.